The molecule has 0 bridgehead atoms. The summed E-state index contributed by atoms with van der Waals surface area (Å²) in [4.78, 5) is 0. The number of rotatable bonds is 2. The van der Waals surface area contributed by atoms with Gasteiger partial charge in [-0.2, -0.15) is 0 Å². The lowest BCUT2D eigenvalue weighted by atomic mass is 10.0. The molecule has 2 aromatic rings. The molecule has 1 heterocycles. The molecule has 3 nitrogen and oxygen atoms in total. The lowest BCUT2D eigenvalue weighted by molar-refractivity contribution is 0.404. The summed E-state index contributed by atoms with van der Waals surface area (Å²) in [6, 6.07) is 4.09. The Bertz CT molecular complexity index is 445. The molecule has 0 spiro atoms. The van der Waals surface area contributed by atoms with Gasteiger partial charge in [-0.25, -0.2) is 0 Å². The minimum atomic E-state index is 0.475. The number of methoxy groups -OCH3 is 1. The standard InChI is InChI=1S/C11H13NO2/c1-7(2)8-4-9-6-14-12-11(9)10(5-8)13-3/h4-7H,1-3H3. The maximum atomic E-state index is 5.25. The molecule has 0 atom stereocenters. The van der Waals surface area contributed by atoms with Crippen LogP contribution in [0.25, 0.3) is 10.9 Å². The van der Waals surface area contributed by atoms with E-state index in [4.69, 9.17) is 9.26 Å². The summed E-state index contributed by atoms with van der Waals surface area (Å²) in [5.74, 6) is 1.25. The van der Waals surface area contributed by atoms with Crippen molar-refractivity contribution >= 4 is 10.9 Å². The van der Waals surface area contributed by atoms with Gasteiger partial charge in [-0.3, -0.25) is 0 Å². The fourth-order valence-electron chi connectivity index (χ4n) is 1.46. The van der Waals surface area contributed by atoms with Gasteiger partial charge in [0.15, 0.2) is 5.52 Å². The van der Waals surface area contributed by atoms with Crippen LogP contribution in [0.3, 0.4) is 0 Å². The molecule has 0 saturated carbocycles. The zero-order valence-electron chi connectivity index (χ0n) is 8.57. The van der Waals surface area contributed by atoms with Gasteiger partial charge in [0.05, 0.1) is 7.11 Å². The van der Waals surface area contributed by atoms with E-state index in [1.165, 1.54) is 5.56 Å². The van der Waals surface area contributed by atoms with Crippen molar-refractivity contribution in [3.8, 4) is 5.75 Å². The van der Waals surface area contributed by atoms with Gasteiger partial charge < -0.3 is 9.26 Å². The molecule has 0 unspecified atom stereocenters. The van der Waals surface area contributed by atoms with Crippen molar-refractivity contribution in [1.82, 2.24) is 5.16 Å². The average Bonchev–Trinajstić information content (AvgIpc) is 2.63. The molecule has 0 radical (unpaired) electrons. The summed E-state index contributed by atoms with van der Waals surface area (Å²) >= 11 is 0. The van der Waals surface area contributed by atoms with E-state index in [-0.39, 0.29) is 0 Å². The minimum Gasteiger partial charge on any atom is -0.494 e. The highest BCUT2D eigenvalue weighted by Crippen LogP contribution is 2.29. The van der Waals surface area contributed by atoms with Gasteiger partial charge in [-0.15, -0.1) is 0 Å². The van der Waals surface area contributed by atoms with E-state index >= 15 is 0 Å². The minimum absolute atomic E-state index is 0.475. The molecule has 1 aromatic carbocycles. The number of aromatic nitrogens is 1. The topological polar surface area (TPSA) is 35.3 Å². The summed E-state index contributed by atoms with van der Waals surface area (Å²) in [7, 11) is 1.65. The molecule has 0 aliphatic carbocycles. The monoisotopic (exact) mass is 191 g/mol. The second-order valence-electron chi connectivity index (χ2n) is 3.63. The largest absolute Gasteiger partial charge is 0.494 e. The SMILES string of the molecule is COc1cc(C(C)C)cc2conc12. The van der Waals surface area contributed by atoms with Crippen LogP contribution in [0.1, 0.15) is 25.3 Å². The number of fused-ring (bicyclic) bond motifs is 1. The smallest absolute Gasteiger partial charge is 0.155 e. The van der Waals surface area contributed by atoms with E-state index in [1.807, 2.05) is 6.07 Å². The van der Waals surface area contributed by atoms with E-state index in [9.17, 15) is 0 Å². The van der Waals surface area contributed by atoms with Gasteiger partial charge in [0.1, 0.15) is 12.0 Å². The van der Waals surface area contributed by atoms with E-state index in [0.717, 1.165) is 16.7 Å². The molecule has 0 amide bonds. The lowest BCUT2D eigenvalue weighted by Crippen LogP contribution is -1.90. The highest BCUT2D eigenvalue weighted by atomic mass is 16.5. The predicted molar refractivity (Wildman–Crippen MR) is 54.7 cm³/mol. The average molecular weight is 191 g/mol. The van der Waals surface area contributed by atoms with Crippen LogP contribution >= 0.6 is 0 Å². The van der Waals surface area contributed by atoms with Crippen LogP contribution in [0.15, 0.2) is 22.9 Å². The van der Waals surface area contributed by atoms with Crippen molar-refractivity contribution in [1.29, 1.82) is 0 Å². The summed E-state index contributed by atoms with van der Waals surface area (Å²) in [5, 5.41) is 4.88. The lowest BCUT2D eigenvalue weighted by Gasteiger charge is -2.07. The highest BCUT2D eigenvalue weighted by Gasteiger charge is 2.09. The van der Waals surface area contributed by atoms with Crippen molar-refractivity contribution in [3.63, 3.8) is 0 Å². The van der Waals surface area contributed by atoms with Crippen LogP contribution in [0, 0.1) is 0 Å². The third-order valence-electron chi connectivity index (χ3n) is 2.34. The number of ether oxygens (including phenoxy) is 1. The molecular formula is C11H13NO2. The predicted octanol–water partition coefficient (Wildman–Crippen LogP) is 2.96. The molecule has 3 heteroatoms. The number of benzene rings is 1. The summed E-state index contributed by atoms with van der Waals surface area (Å²) in [5.41, 5.74) is 2.02. The van der Waals surface area contributed by atoms with Gasteiger partial charge in [-0.05, 0) is 23.6 Å². The van der Waals surface area contributed by atoms with Gasteiger partial charge >= 0.3 is 0 Å². The van der Waals surface area contributed by atoms with E-state index in [1.54, 1.807) is 13.4 Å². The Balaban J connectivity index is 2.67. The van der Waals surface area contributed by atoms with Crippen molar-refractivity contribution in [3.05, 3.63) is 24.0 Å². The third kappa shape index (κ3) is 1.35. The van der Waals surface area contributed by atoms with E-state index < -0.39 is 0 Å². The highest BCUT2D eigenvalue weighted by molar-refractivity contribution is 5.84. The first-order valence-corrected chi connectivity index (χ1v) is 4.64. The van der Waals surface area contributed by atoms with Crippen LogP contribution in [0.2, 0.25) is 0 Å². The van der Waals surface area contributed by atoms with Crippen molar-refractivity contribution < 1.29 is 9.26 Å². The molecule has 74 valence electrons. The van der Waals surface area contributed by atoms with E-state index in [2.05, 4.69) is 25.1 Å². The fraction of sp³-hybridized carbons (Fsp3) is 0.364. The van der Waals surface area contributed by atoms with Crippen LogP contribution in [0.4, 0.5) is 0 Å². The fourth-order valence-corrected chi connectivity index (χ4v) is 1.46. The molecule has 2 rings (SSSR count). The number of nitrogens with zero attached hydrogens (tertiary/aromatic N) is 1. The molecular weight excluding hydrogens is 178 g/mol. The maximum Gasteiger partial charge on any atom is 0.155 e. The van der Waals surface area contributed by atoms with Crippen LogP contribution in [-0.2, 0) is 0 Å². The number of hydrogen-bond donors (Lipinski definition) is 0. The normalized spacial score (nSPS) is 11.1. The Morgan fingerprint density at radius 3 is 2.79 bits per heavy atom. The van der Waals surface area contributed by atoms with Gasteiger partial charge in [0.25, 0.3) is 0 Å². The second-order valence-corrected chi connectivity index (χ2v) is 3.63. The van der Waals surface area contributed by atoms with Crippen LogP contribution in [-0.4, -0.2) is 12.3 Å². The Hall–Kier alpha value is -1.51. The Morgan fingerprint density at radius 2 is 2.14 bits per heavy atom. The second kappa shape index (κ2) is 3.33. The molecule has 0 aliphatic rings. The van der Waals surface area contributed by atoms with E-state index in [0.29, 0.717) is 5.92 Å². The Labute approximate surface area is 82.7 Å². The first-order chi connectivity index (χ1) is 6.72. The molecule has 14 heavy (non-hydrogen) atoms. The zero-order chi connectivity index (χ0) is 10.1. The summed E-state index contributed by atoms with van der Waals surface area (Å²) < 4.78 is 10.2. The quantitative estimate of drug-likeness (QED) is 0.732. The first kappa shape index (κ1) is 9.06. The number of hydrogen-bond acceptors (Lipinski definition) is 3. The first-order valence-electron chi connectivity index (χ1n) is 4.64. The molecule has 0 aliphatic heterocycles. The van der Waals surface area contributed by atoms with Gasteiger partial charge in [-0.1, -0.05) is 19.0 Å². The zero-order valence-corrected chi connectivity index (χ0v) is 8.57. The van der Waals surface area contributed by atoms with Crippen LogP contribution in [0.5, 0.6) is 5.75 Å². The molecule has 0 saturated heterocycles. The van der Waals surface area contributed by atoms with Gasteiger partial charge in [0, 0.05) is 5.39 Å². The molecule has 0 fully saturated rings. The summed E-state index contributed by atoms with van der Waals surface area (Å²) in [6.45, 7) is 4.29. The van der Waals surface area contributed by atoms with Crippen molar-refractivity contribution in [2.45, 2.75) is 19.8 Å². The van der Waals surface area contributed by atoms with Crippen molar-refractivity contribution in [2.24, 2.45) is 0 Å². The van der Waals surface area contributed by atoms with Crippen molar-refractivity contribution in [2.75, 3.05) is 7.11 Å². The maximum absolute atomic E-state index is 5.25. The Kier molecular flexibility index (Phi) is 2.15. The molecule has 0 N–H and O–H groups in total. The third-order valence-corrected chi connectivity index (χ3v) is 2.34. The molecule has 1 aromatic heterocycles. The summed E-state index contributed by atoms with van der Waals surface area (Å²) in [6.07, 6.45) is 1.64. The Morgan fingerprint density at radius 1 is 1.36 bits per heavy atom. The van der Waals surface area contributed by atoms with Crippen LogP contribution < -0.4 is 4.74 Å². The van der Waals surface area contributed by atoms with Gasteiger partial charge in [0.2, 0.25) is 0 Å².